The maximum Gasteiger partial charge on any atom is 0.0891 e. The van der Waals surface area contributed by atoms with Crippen molar-refractivity contribution < 1.29 is 0 Å². The van der Waals surface area contributed by atoms with E-state index in [1.165, 1.54) is 0 Å². The van der Waals surface area contributed by atoms with Crippen LogP contribution in [0.25, 0.3) is 6.08 Å². The number of nitriles is 1. The predicted octanol–water partition coefficient (Wildman–Crippen LogP) is 4.09. The summed E-state index contributed by atoms with van der Waals surface area (Å²) in [5.41, 5.74) is 1.52. The predicted molar refractivity (Wildman–Crippen MR) is 67.2 cm³/mol. The first kappa shape index (κ1) is 11.0. The molecular formula is C14H12ClN. The molecule has 0 radical (unpaired) electrons. The zero-order valence-corrected chi connectivity index (χ0v) is 9.67. The van der Waals surface area contributed by atoms with Gasteiger partial charge < -0.3 is 0 Å². The minimum Gasteiger partial charge on any atom is -0.197 e. The minimum absolute atomic E-state index is 0.400. The van der Waals surface area contributed by atoms with Crippen molar-refractivity contribution in [3.63, 3.8) is 0 Å². The van der Waals surface area contributed by atoms with E-state index in [0.717, 1.165) is 24.0 Å². The number of rotatable bonds is 2. The molecule has 1 nitrogen and oxygen atoms in total. The molecule has 1 aromatic rings. The van der Waals surface area contributed by atoms with Gasteiger partial charge in [-0.2, -0.15) is 5.26 Å². The lowest BCUT2D eigenvalue weighted by Crippen LogP contribution is -2.19. The Morgan fingerprint density at radius 3 is 2.62 bits per heavy atom. The number of benzene rings is 1. The summed E-state index contributed by atoms with van der Waals surface area (Å²) in [5.74, 6) is 0. The summed E-state index contributed by atoms with van der Waals surface area (Å²) in [4.78, 5) is 0. The van der Waals surface area contributed by atoms with E-state index in [9.17, 15) is 5.26 Å². The fourth-order valence-electron chi connectivity index (χ4n) is 2.04. The molecule has 0 saturated carbocycles. The second kappa shape index (κ2) is 4.15. The van der Waals surface area contributed by atoms with Crippen LogP contribution in [0.1, 0.15) is 24.0 Å². The van der Waals surface area contributed by atoms with Gasteiger partial charge in [-0.15, -0.1) is 0 Å². The highest BCUT2D eigenvalue weighted by atomic mass is 35.5. The lowest BCUT2D eigenvalue weighted by atomic mass is 9.79. The molecule has 0 spiro atoms. The van der Waals surface area contributed by atoms with E-state index in [1.807, 2.05) is 18.2 Å². The van der Waals surface area contributed by atoms with Crippen molar-refractivity contribution in [2.45, 2.75) is 18.3 Å². The van der Waals surface area contributed by atoms with E-state index in [2.05, 4.69) is 24.8 Å². The molecule has 1 aliphatic carbocycles. The molecule has 0 fully saturated rings. The van der Waals surface area contributed by atoms with Gasteiger partial charge in [-0.25, -0.2) is 0 Å². The zero-order valence-electron chi connectivity index (χ0n) is 8.91. The Labute approximate surface area is 101 Å². The molecule has 2 rings (SSSR count). The maximum absolute atomic E-state index is 9.35. The van der Waals surface area contributed by atoms with Crippen LogP contribution < -0.4 is 0 Å². The summed E-state index contributed by atoms with van der Waals surface area (Å²) >= 11 is 6.02. The molecule has 0 aliphatic heterocycles. The maximum atomic E-state index is 9.35. The van der Waals surface area contributed by atoms with Crippen LogP contribution >= 0.6 is 11.6 Å². The van der Waals surface area contributed by atoms with Crippen LogP contribution in [0.15, 0.2) is 36.9 Å². The van der Waals surface area contributed by atoms with Gasteiger partial charge in [0.15, 0.2) is 0 Å². The van der Waals surface area contributed by atoms with E-state index in [1.54, 1.807) is 6.08 Å². The molecule has 0 heterocycles. The fourth-order valence-corrected chi connectivity index (χ4v) is 2.24. The summed E-state index contributed by atoms with van der Waals surface area (Å²) in [6.45, 7) is 3.73. The number of hydrogen-bond acceptors (Lipinski definition) is 1. The van der Waals surface area contributed by atoms with Gasteiger partial charge in [0.25, 0.3) is 0 Å². The molecule has 0 amide bonds. The largest absolute Gasteiger partial charge is 0.197 e. The lowest BCUT2D eigenvalue weighted by molar-refractivity contribution is 0.596. The van der Waals surface area contributed by atoms with Crippen molar-refractivity contribution in [1.82, 2.24) is 0 Å². The topological polar surface area (TPSA) is 23.8 Å². The number of halogens is 1. The monoisotopic (exact) mass is 229 g/mol. The molecule has 0 aromatic heterocycles. The number of hydrogen-bond donors (Lipinski definition) is 0. The Hall–Kier alpha value is -1.52. The quantitative estimate of drug-likeness (QED) is 0.701. The summed E-state index contributed by atoms with van der Waals surface area (Å²) in [6.07, 6.45) is 7.40. The van der Waals surface area contributed by atoms with Crippen molar-refractivity contribution in [1.29, 1.82) is 5.26 Å². The van der Waals surface area contributed by atoms with Gasteiger partial charge in [-0.1, -0.05) is 42.5 Å². The minimum atomic E-state index is -0.400. The van der Waals surface area contributed by atoms with E-state index in [4.69, 9.17) is 11.6 Å². The van der Waals surface area contributed by atoms with Crippen molar-refractivity contribution >= 4 is 17.7 Å². The first-order valence-corrected chi connectivity index (χ1v) is 5.58. The van der Waals surface area contributed by atoms with Gasteiger partial charge in [-0.3, -0.25) is 0 Å². The zero-order chi connectivity index (χ0) is 11.6. The lowest BCUT2D eigenvalue weighted by Gasteiger charge is -2.21. The second-order valence-corrected chi connectivity index (χ2v) is 4.42. The van der Waals surface area contributed by atoms with Gasteiger partial charge in [0.05, 0.1) is 11.5 Å². The summed E-state index contributed by atoms with van der Waals surface area (Å²) in [5, 5.41) is 10.0. The highest BCUT2D eigenvalue weighted by Gasteiger charge is 2.33. The van der Waals surface area contributed by atoms with Crippen LogP contribution in [-0.4, -0.2) is 0 Å². The molecule has 80 valence electrons. The van der Waals surface area contributed by atoms with Crippen LogP contribution in [0, 0.1) is 11.3 Å². The average molecular weight is 230 g/mol. The van der Waals surface area contributed by atoms with Gasteiger partial charge in [0, 0.05) is 5.02 Å². The number of nitrogens with zero attached hydrogens (tertiary/aromatic N) is 1. The average Bonchev–Trinajstić information content (AvgIpc) is 2.79. The molecule has 2 heteroatoms. The smallest absolute Gasteiger partial charge is 0.0891 e. The molecule has 1 aliphatic rings. The van der Waals surface area contributed by atoms with Crippen molar-refractivity contribution in [3.05, 3.63) is 53.1 Å². The van der Waals surface area contributed by atoms with Gasteiger partial charge in [0.1, 0.15) is 0 Å². The Balaban J connectivity index is 2.48. The fraction of sp³-hybridized carbons (Fsp3) is 0.214. The van der Waals surface area contributed by atoms with Crippen LogP contribution in [0.5, 0.6) is 0 Å². The van der Waals surface area contributed by atoms with Crippen LogP contribution in [0.2, 0.25) is 5.02 Å². The van der Waals surface area contributed by atoms with Gasteiger partial charge in [0.2, 0.25) is 0 Å². The van der Waals surface area contributed by atoms with Crippen LogP contribution in [0.3, 0.4) is 0 Å². The highest BCUT2D eigenvalue weighted by molar-refractivity contribution is 6.32. The standard InChI is InChI=1S/C14H12ClN/c1-2-11-9-12(5-6-13(11)15)14(10-16)7-3-4-8-14/h2-6,9H,1,7-8H2. The Morgan fingerprint density at radius 2 is 2.06 bits per heavy atom. The number of allylic oxidation sites excluding steroid dienone is 2. The van der Waals surface area contributed by atoms with Gasteiger partial charge in [-0.05, 0) is 36.1 Å². The first-order chi connectivity index (χ1) is 7.72. The molecule has 0 atom stereocenters. The van der Waals surface area contributed by atoms with Crippen molar-refractivity contribution in [3.8, 4) is 6.07 Å². The summed E-state index contributed by atoms with van der Waals surface area (Å²) in [6, 6.07) is 8.16. The normalized spacial score (nSPS) is 17.0. The van der Waals surface area contributed by atoms with Gasteiger partial charge >= 0.3 is 0 Å². The third-order valence-corrected chi connectivity index (χ3v) is 3.43. The summed E-state index contributed by atoms with van der Waals surface area (Å²) in [7, 11) is 0. The Bertz CT molecular complexity index is 486. The van der Waals surface area contributed by atoms with E-state index in [0.29, 0.717) is 5.02 Å². The molecule has 0 unspecified atom stereocenters. The molecule has 0 bridgehead atoms. The Kier molecular flexibility index (Phi) is 2.85. The first-order valence-electron chi connectivity index (χ1n) is 5.20. The van der Waals surface area contributed by atoms with E-state index >= 15 is 0 Å². The summed E-state index contributed by atoms with van der Waals surface area (Å²) < 4.78 is 0. The third-order valence-electron chi connectivity index (χ3n) is 3.08. The molecule has 0 saturated heterocycles. The second-order valence-electron chi connectivity index (χ2n) is 4.01. The SMILES string of the molecule is C=Cc1cc(C2(C#N)CC=CC2)ccc1Cl. The third kappa shape index (κ3) is 1.66. The van der Waals surface area contributed by atoms with E-state index < -0.39 is 5.41 Å². The van der Waals surface area contributed by atoms with Crippen LogP contribution in [-0.2, 0) is 5.41 Å². The highest BCUT2D eigenvalue weighted by Crippen LogP contribution is 2.37. The Morgan fingerprint density at radius 1 is 1.38 bits per heavy atom. The van der Waals surface area contributed by atoms with Crippen molar-refractivity contribution in [2.24, 2.45) is 0 Å². The molecule has 1 aromatic carbocycles. The van der Waals surface area contributed by atoms with Crippen LogP contribution in [0.4, 0.5) is 0 Å². The van der Waals surface area contributed by atoms with E-state index in [-0.39, 0.29) is 0 Å². The molecule has 0 N–H and O–H groups in total. The molecule has 16 heavy (non-hydrogen) atoms. The van der Waals surface area contributed by atoms with Crippen molar-refractivity contribution in [2.75, 3.05) is 0 Å². The molecular weight excluding hydrogens is 218 g/mol.